The SMILES string of the molecule is CN(C)c1nc(C(=O)OC(C)(C)C)cs1. The Balaban J connectivity index is 2.75. The van der Waals surface area contributed by atoms with Crippen molar-refractivity contribution in [1.82, 2.24) is 4.98 Å². The lowest BCUT2D eigenvalue weighted by Crippen LogP contribution is -2.24. The summed E-state index contributed by atoms with van der Waals surface area (Å²) in [5, 5.41) is 2.51. The number of carbonyl (C=O) groups excluding carboxylic acids is 1. The second-order valence-corrected chi connectivity index (χ2v) is 5.25. The maximum Gasteiger partial charge on any atom is 0.358 e. The third-order valence-electron chi connectivity index (χ3n) is 1.48. The molecular formula is C10H16N2O2S. The van der Waals surface area contributed by atoms with Crippen molar-refractivity contribution in [2.75, 3.05) is 19.0 Å². The molecular weight excluding hydrogens is 212 g/mol. The van der Waals surface area contributed by atoms with Gasteiger partial charge in [0.1, 0.15) is 5.60 Å². The van der Waals surface area contributed by atoms with Gasteiger partial charge in [-0.2, -0.15) is 0 Å². The van der Waals surface area contributed by atoms with Gasteiger partial charge in [0.05, 0.1) is 0 Å². The first-order chi connectivity index (χ1) is 6.79. The number of anilines is 1. The molecule has 0 aliphatic rings. The van der Waals surface area contributed by atoms with Gasteiger partial charge in [-0.15, -0.1) is 11.3 Å². The summed E-state index contributed by atoms with van der Waals surface area (Å²) in [6.45, 7) is 5.51. The molecule has 1 aromatic heterocycles. The van der Waals surface area contributed by atoms with Crippen molar-refractivity contribution in [3.05, 3.63) is 11.1 Å². The standard InChI is InChI=1S/C10H16N2O2S/c1-10(2,3)14-8(13)7-6-15-9(11-7)12(4)5/h6H,1-5H3. The van der Waals surface area contributed by atoms with Crippen LogP contribution in [0.4, 0.5) is 5.13 Å². The Morgan fingerprint density at radius 2 is 2.07 bits per heavy atom. The fraction of sp³-hybridized carbons (Fsp3) is 0.600. The van der Waals surface area contributed by atoms with Gasteiger partial charge in [0, 0.05) is 19.5 Å². The number of hydrogen-bond donors (Lipinski definition) is 0. The molecule has 0 saturated heterocycles. The zero-order valence-electron chi connectivity index (χ0n) is 9.70. The number of nitrogens with zero attached hydrogens (tertiary/aromatic N) is 2. The van der Waals surface area contributed by atoms with E-state index in [2.05, 4.69) is 4.98 Å². The molecule has 0 N–H and O–H groups in total. The summed E-state index contributed by atoms with van der Waals surface area (Å²) in [5.41, 5.74) is -0.0995. The van der Waals surface area contributed by atoms with E-state index in [1.54, 1.807) is 5.38 Å². The molecule has 0 aromatic carbocycles. The van der Waals surface area contributed by atoms with Gasteiger partial charge < -0.3 is 9.64 Å². The largest absolute Gasteiger partial charge is 0.455 e. The number of aromatic nitrogens is 1. The van der Waals surface area contributed by atoms with Crippen molar-refractivity contribution in [3.63, 3.8) is 0 Å². The van der Waals surface area contributed by atoms with Gasteiger partial charge >= 0.3 is 5.97 Å². The van der Waals surface area contributed by atoms with E-state index in [0.29, 0.717) is 5.69 Å². The molecule has 0 radical (unpaired) electrons. The topological polar surface area (TPSA) is 42.4 Å². The van der Waals surface area contributed by atoms with Crippen LogP contribution in [0.5, 0.6) is 0 Å². The molecule has 0 fully saturated rings. The fourth-order valence-corrected chi connectivity index (χ4v) is 1.62. The summed E-state index contributed by atoms with van der Waals surface area (Å²) in [6, 6.07) is 0. The molecule has 1 aromatic rings. The molecule has 0 amide bonds. The summed E-state index contributed by atoms with van der Waals surface area (Å²) < 4.78 is 5.20. The lowest BCUT2D eigenvalue weighted by Gasteiger charge is -2.18. The first-order valence-electron chi connectivity index (χ1n) is 4.66. The van der Waals surface area contributed by atoms with Crippen molar-refractivity contribution in [1.29, 1.82) is 0 Å². The zero-order chi connectivity index (χ0) is 11.6. The van der Waals surface area contributed by atoms with Gasteiger partial charge in [0.15, 0.2) is 10.8 Å². The maximum absolute atomic E-state index is 11.6. The predicted octanol–water partition coefficient (Wildman–Crippen LogP) is 2.16. The van der Waals surface area contributed by atoms with Crippen molar-refractivity contribution in [2.24, 2.45) is 0 Å². The molecule has 0 aliphatic carbocycles. The van der Waals surface area contributed by atoms with Crippen LogP contribution in [0.15, 0.2) is 5.38 Å². The zero-order valence-corrected chi connectivity index (χ0v) is 10.5. The highest BCUT2D eigenvalue weighted by Gasteiger charge is 2.20. The highest BCUT2D eigenvalue weighted by atomic mass is 32.1. The van der Waals surface area contributed by atoms with Crippen LogP contribution in [-0.4, -0.2) is 30.6 Å². The Kier molecular flexibility index (Phi) is 3.34. The molecule has 0 bridgehead atoms. The van der Waals surface area contributed by atoms with Crippen LogP contribution in [0.25, 0.3) is 0 Å². The normalized spacial score (nSPS) is 11.3. The average Bonchev–Trinajstić information content (AvgIpc) is 2.47. The van der Waals surface area contributed by atoms with Crippen LogP contribution in [-0.2, 0) is 4.74 Å². The molecule has 4 nitrogen and oxygen atoms in total. The van der Waals surface area contributed by atoms with Crippen molar-refractivity contribution in [3.8, 4) is 0 Å². The average molecular weight is 228 g/mol. The second-order valence-electron chi connectivity index (χ2n) is 4.41. The van der Waals surface area contributed by atoms with Crippen molar-refractivity contribution < 1.29 is 9.53 Å². The number of hydrogen-bond acceptors (Lipinski definition) is 5. The molecule has 0 atom stereocenters. The Morgan fingerprint density at radius 3 is 2.47 bits per heavy atom. The van der Waals surface area contributed by atoms with E-state index in [9.17, 15) is 4.79 Å². The lowest BCUT2D eigenvalue weighted by atomic mass is 10.2. The van der Waals surface area contributed by atoms with Gasteiger partial charge in [-0.05, 0) is 20.8 Å². The third kappa shape index (κ3) is 3.51. The summed E-state index contributed by atoms with van der Waals surface area (Å²) in [6.07, 6.45) is 0. The molecule has 0 saturated carbocycles. The van der Waals surface area contributed by atoms with E-state index in [-0.39, 0.29) is 5.97 Å². The minimum atomic E-state index is -0.473. The van der Waals surface area contributed by atoms with E-state index in [1.807, 2.05) is 39.8 Å². The van der Waals surface area contributed by atoms with Crippen LogP contribution >= 0.6 is 11.3 Å². The van der Waals surface area contributed by atoms with Crippen molar-refractivity contribution >= 4 is 22.4 Å². The Labute approximate surface area is 93.9 Å². The summed E-state index contributed by atoms with van der Waals surface area (Å²) >= 11 is 1.43. The number of thiazole rings is 1. The number of carbonyl (C=O) groups is 1. The van der Waals surface area contributed by atoms with Gasteiger partial charge in [-0.25, -0.2) is 9.78 Å². The Morgan fingerprint density at radius 1 is 1.47 bits per heavy atom. The monoisotopic (exact) mass is 228 g/mol. The number of rotatable bonds is 2. The Hall–Kier alpha value is -1.10. The first-order valence-corrected chi connectivity index (χ1v) is 5.54. The van der Waals surface area contributed by atoms with Crippen LogP contribution in [0.3, 0.4) is 0 Å². The highest BCUT2D eigenvalue weighted by molar-refractivity contribution is 7.13. The van der Waals surface area contributed by atoms with Gasteiger partial charge in [-0.3, -0.25) is 0 Å². The highest BCUT2D eigenvalue weighted by Crippen LogP contribution is 2.20. The molecule has 15 heavy (non-hydrogen) atoms. The number of esters is 1. The van der Waals surface area contributed by atoms with E-state index >= 15 is 0 Å². The third-order valence-corrected chi connectivity index (χ3v) is 2.49. The van der Waals surface area contributed by atoms with Crippen LogP contribution in [0.1, 0.15) is 31.3 Å². The molecule has 5 heteroatoms. The van der Waals surface area contributed by atoms with E-state index in [4.69, 9.17) is 4.74 Å². The van der Waals surface area contributed by atoms with Crippen LogP contribution in [0, 0.1) is 0 Å². The fourth-order valence-electron chi connectivity index (χ4n) is 0.894. The van der Waals surface area contributed by atoms with Gasteiger partial charge in [0.25, 0.3) is 0 Å². The lowest BCUT2D eigenvalue weighted by molar-refractivity contribution is 0.00638. The van der Waals surface area contributed by atoms with Gasteiger partial charge in [-0.1, -0.05) is 0 Å². The quantitative estimate of drug-likeness (QED) is 0.727. The predicted molar refractivity (Wildman–Crippen MR) is 61.6 cm³/mol. The molecule has 1 rings (SSSR count). The van der Waals surface area contributed by atoms with E-state index in [0.717, 1.165) is 5.13 Å². The van der Waals surface area contributed by atoms with Crippen LogP contribution < -0.4 is 4.90 Å². The second kappa shape index (κ2) is 4.18. The first kappa shape index (κ1) is 12.0. The van der Waals surface area contributed by atoms with Crippen molar-refractivity contribution in [2.45, 2.75) is 26.4 Å². The molecule has 0 aliphatic heterocycles. The summed E-state index contributed by atoms with van der Waals surface area (Å²) in [4.78, 5) is 17.6. The minimum Gasteiger partial charge on any atom is -0.455 e. The smallest absolute Gasteiger partial charge is 0.358 e. The van der Waals surface area contributed by atoms with E-state index in [1.165, 1.54) is 11.3 Å². The summed E-state index contributed by atoms with van der Waals surface area (Å²) in [7, 11) is 3.77. The maximum atomic E-state index is 11.6. The minimum absolute atomic E-state index is 0.369. The van der Waals surface area contributed by atoms with Crippen LogP contribution in [0.2, 0.25) is 0 Å². The van der Waals surface area contributed by atoms with E-state index < -0.39 is 5.60 Å². The van der Waals surface area contributed by atoms with Gasteiger partial charge in [0.2, 0.25) is 0 Å². The molecule has 1 heterocycles. The molecule has 84 valence electrons. The Bertz CT molecular complexity index is 353. The molecule has 0 unspecified atom stereocenters. The number of ether oxygens (including phenoxy) is 1. The summed E-state index contributed by atoms with van der Waals surface area (Å²) in [5.74, 6) is -0.369. The molecule has 0 spiro atoms.